The number of benzene rings is 2. The van der Waals surface area contributed by atoms with Gasteiger partial charge in [0.25, 0.3) is 11.8 Å². The van der Waals surface area contributed by atoms with Crippen molar-refractivity contribution < 1.29 is 24.5 Å². The zero-order chi connectivity index (χ0) is 27.6. The van der Waals surface area contributed by atoms with Crippen LogP contribution in [0.3, 0.4) is 0 Å². The average molecular weight is 525 g/mol. The van der Waals surface area contributed by atoms with Crippen molar-refractivity contribution in [2.75, 3.05) is 46.4 Å². The van der Waals surface area contributed by atoms with E-state index in [9.17, 15) is 19.8 Å². The van der Waals surface area contributed by atoms with Gasteiger partial charge in [0.2, 0.25) is 0 Å². The molecule has 0 spiro atoms. The Kier molecular flexibility index (Phi) is 14.3. The molecule has 2 aromatic rings. The van der Waals surface area contributed by atoms with E-state index in [4.69, 9.17) is 10.5 Å². The average Bonchev–Trinajstić information content (AvgIpc) is 2.92. The van der Waals surface area contributed by atoms with Crippen LogP contribution in [0.1, 0.15) is 36.8 Å². The van der Waals surface area contributed by atoms with Crippen LogP contribution >= 0.6 is 0 Å². The van der Waals surface area contributed by atoms with E-state index in [1.165, 1.54) is 42.4 Å². The van der Waals surface area contributed by atoms with Crippen LogP contribution in [0.4, 0.5) is 0 Å². The number of nitrogens with zero attached hydrogens (tertiary/aromatic N) is 1. The van der Waals surface area contributed by atoms with Gasteiger partial charge >= 0.3 is 0 Å². The number of carbonyl (C=O) groups is 2. The number of methoxy groups -OCH3 is 1. The van der Waals surface area contributed by atoms with E-state index in [0.717, 1.165) is 44.5 Å². The predicted molar refractivity (Wildman–Crippen MR) is 151 cm³/mol. The van der Waals surface area contributed by atoms with E-state index in [0.29, 0.717) is 30.8 Å². The Hall–Kier alpha value is -3.66. The van der Waals surface area contributed by atoms with E-state index >= 15 is 0 Å². The number of ether oxygens (including phenoxy) is 1. The highest BCUT2D eigenvalue weighted by molar-refractivity contribution is 6.07. The molecule has 38 heavy (non-hydrogen) atoms. The Morgan fingerprint density at radius 1 is 0.842 bits per heavy atom. The molecule has 0 saturated heterocycles. The first-order valence-electron chi connectivity index (χ1n) is 12.9. The highest BCUT2D eigenvalue weighted by Crippen LogP contribution is 2.26. The molecule has 0 radical (unpaired) electrons. The lowest BCUT2D eigenvalue weighted by Gasteiger charge is -2.18. The Morgan fingerprint density at radius 2 is 1.39 bits per heavy atom. The second-order valence-corrected chi connectivity index (χ2v) is 8.72. The topological polar surface area (TPSA) is 137 Å². The fourth-order valence-corrected chi connectivity index (χ4v) is 3.57. The van der Waals surface area contributed by atoms with Gasteiger partial charge in [0.15, 0.2) is 11.5 Å². The van der Waals surface area contributed by atoms with E-state index in [-0.39, 0.29) is 18.0 Å². The van der Waals surface area contributed by atoms with E-state index < -0.39 is 11.8 Å². The summed E-state index contributed by atoms with van der Waals surface area (Å²) in [5.74, 6) is -0.443. The van der Waals surface area contributed by atoms with Crippen molar-refractivity contribution in [3.8, 4) is 17.2 Å². The van der Waals surface area contributed by atoms with Crippen molar-refractivity contribution in [2.45, 2.75) is 25.7 Å². The highest BCUT2D eigenvalue weighted by atomic mass is 16.5. The molecule has 2 rings (SSSR count). The number of phenols is 2. The molecule has 0 bridgehead atoms. The molecule has 0 aliphatic heterocycles. The highest BCUT2D eigenvalue weighted by Gasteiger charge is 2.17. The number of imide groups is 1. The number of hydrogen-bond donors (Lipinski definition) is 5. The largest absolute Gasteiger partial charge is 0.508 e. The van der Waals surface area contributed by atoms with Crippen molar-refractivity contribution in [1.82, 2.24) is 15.5 Å². The second-order valence-electron chi connectivity index (χ2n) is 8.72. The van der Waals surface area contributed by atoms with Gasteiger partial charge in [0.1, 0.15) is 5.75 Å². The van der Waals surface area contributed by atoms with E-state index in [1.807, 2.05) is 0 Å². The van der Waals surface area contributed by atoms with Crippen molar-refractivity contribution in [1.29, 1.82) is 0 Å². The van der Waals surface area contributed by atoms with Crippen LogP contribution in [0.25, 0.3) is 12.2 Å². The van der Waals surface area contributed by atoms with Gasteiger partial charge in [0.05, 0.1) is 7.11 Å². The van der Waals surface area contributed by atoms with Crippen LogP contribution in [0.15, 0.2) is 54.6 Å². The van der Waals surface area contributed by atoms with E-state index in [1.54, 1.807) is 36.4 Å². The third-order valence-electron chi connectivity index (χ3n) is 5.72. The minimum absolute atomic E-state index is 0.00232. The molecule has 2 aromatic carbocycles. The molecular formula is C29H40N4O5. The maximum absolute atomic E-state index is 13.0. The number of amides is 2. The van der Waals surface area contributed by atoms with Crippen LogP contribution < -0.4 is 21.1 Å². The van der Waals surface area contributed by atoms with Gasteiger partial charge in [-0.3, -0.25) is 14.5 Å². The van der Waals surface area contributed by atoms with Crippen LogP contribution in [0.2, 0.25) is 0 Å². The van der Waals surface area contributed by atoms with Gasteiger partial charge in [-0.2, -0.15) is 0 Å². The molecule has 0 unspecified atom stereocenters. The lowest BCUT2D eigenvalue weighted by molar-refractivity contribution is -0.138. The number of hydrogen-bond acceptors (Lipinski definition) is 8. The Morgan fingerprint density at radius 3 is 2.00 bits per heavy atom. The van der Waals surface area contributed by atoms with Gasteiger partial charge in [0, 0.05) is 18.7 Å². The number of rotatable bonds is 17. The molecule has 0 aliphatic rings. The molecule has 0 atom stereocenters. The number of unbranched alkanes of at least 4 members (excludes halogenated alkanes) is 1. The minimum Gasteiger partial charge on any atom is -0.508 e. The third kappa shape index (κ3) is 11.6. The van der Waals surface area contributed by atoms with Crippen LogP contribution in [0.5, 0.6) is 17.2 Å². The minimum atomic E-state index is -0.444. The zero-order valence-electron chi connectivity index (χ0n) is 22.1. The summed E-state index contributed by atoms with van der Waals surface area (Å²) in [5, 5.41) is 25.9. The van der Waals surface area contributed by atoms with E-state index in [2.05, 4.69) is 10.6 Å². The molecule has 0 aromatic heterocycles. The molecule has 2 amide bonds. The van der Waals surface area contributed by atoms with Crippen LogP contribution in [0, 0.1) is 0 Å². The summed E-state index contributed by atoms with van der Waals surface area (Å²) in [6.45, 7) is 4.41. The number of carbonyl (C=O) groups excluding carboxylic acids is 2. The Labute approximate surface area is 225 Å². The van der Waals surface area contributed by atoms with Gasteiger partial charge in [-0.05, 0) is 106 Å². The first kappa shape index (κ1) is 30.6. The maximum atomic E-state index is 13.0. The molecule has 6 N–H and O–H groups in total. The zero-order valence-corrected chi connectivity index (χ0v) is 22.1. The summed E-state index contributed by atoms with van der Waals surface area (Å²) in [4.78, 5) is 27.1. The van der Waals surface area contributed by atoms with Crippen LogP contribution in [-0.4, -0.2) is 73.3 Å². The monoisotopic (exact) mass is 524 g/mol. The van der Waals surface area contributed by atoms with Crippen molar-refractivity contribution in [2.24, 2.45) is 5.73 Å². The van der Waals surface area contributed by atoms with Crippen molar-refractivity contribution >= 4 is 24.0 Å². The standard InChI is InChI=1S/C29H40N4O5/c1-38-27-22-24(8-13-26(27)35)10-15-29(37)33(28(36)14-9-23-6-11-25(34)12-7-23)21-5-20-32-18-3-2-17-31-19-4-16-30/h6-15,22,31-32,34-35H,2-5,16-21,30H2,1H3/b14-9+,15-10+. The molecule has 9 nitrogen and oxygen atoms in total. The molecule has 9 heteroatoms. The van der Waals surface area contributed by atoms with Gasteiger partial charge in [-0.15, -0.1) is 0 Å². The molecule has 0 fully saturated rings. The van der Waals surface area contributed by atoms with Crippen LogP contribution in [-0.2, 0) is 9.59 Å². The number of nitrogens with two attached hydrogens (primary N) is 1. The summed E-state index contributed by atoms with van der Waals surface area (Å²) < 4.78 is 5.11. The lowest BCUT2D eigenvalue weighted by atomic mass is 10.1. The summed E-state index contributed by atoms with van der Waals surface area (Å²) in [6.07, 6.45) is 9.57. The Bertz CT molecular complexity index is 1050. The predicted octanol–water partition coefficient (Wildman–Crippen LogP) is 2.89. The summed E-state index contributed by atoms with van der Waals surface area (Å²) in [6, 6.07) is 11.2. The third-order valence-corrected chi connectivity index (χ3v) is 5.72. The molecular weight excluding hydrogens is 484 g/mol. The molecule has 0 heterocycles. The first-order chi connectivity index (χ1) is 18.4. The number of aromatic hydroxyl groups is 2. The number of nitrogens with one attached hydrogen (secondary N) is 2. The lowest BCUT2D eigenvalue weighted by Crippen LogP contribution is -2.36. The van der Waals surface area contributed by atoms with Crippen molar-refractivity contribution in [3.63, 3.8) is 0 Å². The molecule has 0 aliphatic carbocycles. The summed E-state index contributed by atoms with van der Waals surface area (Å²) >= 11 is 0. The Balaban J connectivity index is 1.93. The second kappa shape index (κ2) is 17.7. The normalized spacial score (nSPS) is 11.3. The first-order valence-corrected chi connectivity index (χ1v) is 12.9. The van der Waals surface area contributed by atoms with Crippen molar-refractivity contribution in [3.05, 3.63) is 65.7 Å². The molecule has 206 valence electrons. The van der Waals surface area contributed by atoms with Gasteiger partial charge in [-0.25, -0.2) is 0 Å². The fraction of sp³-hybridized carbons (Fsp3) is 0.379. The fourth-order valence-electron chi connectivity index (χ4n) is 3.57. The smallest absolute Gasteiger partial charge is 0.253 e. The quantitative estimate of drug-likeness (QED) is 0.157. The van der Waals surface area contributed by atoms with Gasteiger partial charge < -0.3 is 31.3 Å². The maximum Gasteiger partial charge on any atom is 0.253 e. The SMILES string of the molecule is COc1cc(/C=C/C(=O)N(CCCNCCCCNCCCN)C(=O)/C=C/c2ccc(O)cc2)ccc1O. The summed E-state index contributed by atoms with van der Waals surface area (Å²) in [5.41, 5.74) is 6.86. The number of phenolic OH excluding ortho intramolecular Hbond substituents is 2. The molecule has 0 saturated carbocycles. The summed E-state index contributed by atoms with van der Waals surface area (Å²) in [7, 11) is 1.45. The van der Waals surface area contributed by atoms with Gasteiger partial charge in [-0.1, -0.05) is 18.2 Å².